The number of hydrogen-bond acceptors (Lipinski definition) is 15. The molecular formula is C21H41N7O12. The van der Waals surface area contributed by atoms with E-state index in [0.717, 1.165) is 0 Å². The van der Waals surface area contributed by atoms with Gasteiger partial charge in [0, 0.05) is 0 Å². The molecule has 40 heavy (non-hydrogen) atoms. The van der Waals surface area contributed by atoms with Gasteiger partial charge in [-0.2, -0.15) is 0 Å². The first-order valence-corrected chi connectivity index (χ1v) is 12.5. The lowest BCUT2D eigenvalue weighted by Crippen LogP contribution is -2.66. The smallest absolute Gasteiger partial charge is 0.187 e. The molecule has 232 valence electrons. The summed E-state index contributed by atoms with van der Waals surface area (Å²) in [5.74, 6) is -1.01. The van der Waals surface area contributed by atoms with Crippen molar-refractivity contribution in [3.05, 3.63) is 0 Å². The third kappa shape index (κ3) is 6.11. The molecule has 3 fully saturated rings. The summed E-state index contributed by atoms with van der Waals surface area (Å²) in [5, 5.41) is 87.0. The largest absolute Gasteiger partial charge is 0.394 e. The Balaban J connectivity index is 1.96. The van der Waals surface area contributed by atoms with Gasteiger partial charge in [0.15, 0.2) is 24.5 Å². The van der Waals surface area contributed by atoms with Gasteiger partial charge in [-0.05, 0) is 14.0 Å². The molecule has 15 atom stereocenters. The van der Waals surface area contributed by atoms with E-state index in [0.29, 0.717) is 0 Å². The standard InChI is InChI=1S/C21H41N7O12/c1-5-21(36,4-30)16(40-17-9(26-2)13(34)10(31)6(3-29)38-17)18(37-5)39-15-8(28-20(24)25)11(32)7(27-19(22)23)12(33)14(15)35/h5-18,26,29-36H,3-4H2,1-2H3,(H4,22,23,27)(H4,24,25,28)/t5-,6-,7+,8-,9-,10-,11+,12-,13-,14+,15?,16?,17-,18+,21+/m0/s1. The van der Waals surface area contributed by atoms with Gasteiger partial charge >= 0.3 is 0 Å². The predicted octanol–water partition coefficient (Wildman–Crippen LogP) is -8.37. The Kier molecular flexibility index (Phi) is 10.5. The number of guanidine groups is 2. The van der Waals surface area contributed by atoms with Crippen molar-refractivity contribution in [3.63, 3.8) is 0 Å². The van der Waals surface area contributed by atoms with Crippen LogP contribution in [0.15, 0.2) is 9.98 Å². The van der Waals surface area contributed by atoms with E-state index in [-0.39, 0.29) is 0 Å². The fourth-order valence-corrected chi connectivity index (χ4v) is 5.17. The number of aliphatic imine (C=N–C) groups is 2. The Labute approximate surface area is 229 Å². The van der Waals surface area contributed by atoms with Crippen LogP contribution in [0.25, 0.3) is 0 Å². The zero-order valence-electron chi connectivity index (χ0n) is 21.9. The van der Waals surface area contributed by atoms with Crippen LogP contribution in [0.1, 0.15) is 6.92 Å². The van der Waals surface area contributed by atoms with Gasteiger partial charge in [0.05, 0.1) is 25.4 Å². The molecule has 19 nitrogen and oxygen atoms in total. The highest BCUT2D eigenvalue weighted by atomic mass is 16.8. The molecule has 17 N–H and O–H groups in total. The monoisotopic (exact) mass is 583 g/mol. The van der Waals surface area contributed by atoms with E-state index in [9.17, 15) is 40.9 Å². The van der Waals surface area contributed by atoms with E-state index in [4.69, 9.17) is 41.9 Å². The molecule has 1 aliphatic carbocycles. The molecule has 1 saturated carbocycles. The number of nitrogens with one attached hydrogen (secondary N) is 1. The normalized spacial score (nSPS) is 47.5. The van der Waals surface area contributed by atoms with E-state index < -0.39 is 116 Å². The van der Waals surface area contributed by atoms with Crippen molar-refractivity contribution in [1.29, 1.82) is 0 Å². The molecule has 0 amide bonds. The molecule has 19 heteroatoms. The maximum Gasteiger partial charge on any atom is 0.187 e. The number of ether oxygens (including phenoxy) is 4. The van der Waals surface area contributed by atoms with Crippen LogP contribution in [0.4, 0.5) is 0 Å². The minimum Gasteiger partial charge on any atom is -0.394 e. The van der Waals surface area contributed by atoms with Gasteiger partial charge in [-0.25, -0.2) is 9.98 Å². The Hall–Kier alpha value is -1.98. The van der Waals surface area contributed by atoms with Gasteiger partial charge in [0.2, 0.25) is 0 Å². The number of nitrogens with zero attached hydrogens (tertiary/aromatic N) is 2. The summed E-state index contributed by atoms with van der Waals surface area (Å²) >= 11 is 0. The molecule has 0 spiro atoms. The number of likely N-dealkylation sites (N-methyl/N-ethyl adjacent to an activating group) is 1. The highest BCUT2D eigenvalue weighted by molar-refractivity contribution is 5.76. The predicted molar refractivity (Wildman–Crippen MR) is 134 cm³/mol. The highest BCUT2D eigenvalue weighted by Gasteiger charge is 2.60. The molecule has 3 rings (SSSR count). The first-order valence-electron chi connectivity index (χ1n) is 12.5. The van der Waals surface area contributed by atoms with Crippen LogP contribution in [0.3, 0.4) is 0 Å². The highest BCUT2D eigenvalue weighted by Crippen LogP contribution is 2.39. The first-order chi connectivity index (χ1) is 18.7. The average molecular weight is 584 g/mol. The zero-order chi connectivity index (χ0) is 30.1. The number of aliphatic hydroxyl groups excluding tert-OH is 7. The third-order valence-corrected chi connectivity index (χ3v) is 7.49. The molecule has 2 aliphatic heterocycles. The Morgan fingerprint density at radius 1 is 0.825 bits per heavy atom. The minimum absolute atomic E-state index is 0.493. The summed E-state index contributed by atoms with van der Waals surface area (Å²) in [6, 6.07) is -4.00. The number of aliphatic hydroxyl groups is 8. The lowest BCUT2D eigenvalue weighted by Gasteiger charge is -2.45. The van der Waals surface area contributed by atoms with E-state index in [2.05, 4.69) is 15.3 Å². The van der Waals surface area contributed by atoms with Crippen LogP contribution in [-0.2, 0) is 18.9 Å². The van der Waals surface area contributed by atoms with Gasteiger partial charge in [-0.3, -0.25) is 0 Å². The summed E-state index contributed by atoms with van der Waals surface area (Å²) in [6.07, 6.45) is -16.9. The number of nitrogens with two attached hydrogens (primary N) is 4. The van der Waals surface area contributed by atoms with Crippen molar-refractivity contribution in [1.82, 2.24) is 5.32 Å². The van der Waals surface area contributed by atoms with Crippen LogP contribution >= 0.6 is 0 Å². The van der Waals surface area contributed by atoms with Crippen molar-refractivity contribution < 1.29 is 59.8 Å². The van der Waals surface area contributed by atoms with Crippen molar-refractivity contribution in [2.75, 3.05) is 20.3 Å². The SMILES string of the molecule is CN[C@@H]1[C@H](OC2[C@@H](OC3[C@@H](N=C(N)N)[C@H](O)[C@@H](N=C(N)N)[C@H](O)[C@H]3O)O[C@@H](C)[C@]2(O)CO)O[C@@H](CO)[C@H](O)[C@H]1O. The molecule has 0 aromatic carbocycles. The van der Waals surface area contributed by atoms with Crippen molar-refractivity contribution in [3.8, 4) is 0 Å². The summed E-state index contributed by atoms with van der Waals surface area (Å²) in [5.41, 5.74) is 19.7. The molecule has 2 saturated heterocycles. The molecule has 0 aromatic heterocycles. The van der Waals surface area contributed by atoms with Gasteiger partial charge < -0.3 is 88.1 Å². The molecule has 3 aliphatic rings. The summed E-state index contributed by atoms with van der Waals surface area (Å²) in [6.45, 7) is -0.199. The quantitative estimate of drug-likeness (QED) is 0.0884. The number of rotatable bonds is 9. The van der Waals surface area contributed by atoms with E-state index in [1.165, 1.54) is 14.0 Å². The first kappa shape index (κ1) is 32.5. The van der Waals surface area contributed by atoms with Crippen molar-refractivity contribution in [2.45, 2.75) is 98.2 Å². The fourth-order valence-electron chi connectivity index (χ4n) is 5.17. The molecule has 0 aromatic rings. The van der Waals surface area contributed by atoms with E-state index >= 15 is 0 Å². The van der Waals surface area contributed by atoms with Crippen LogP contribution < -0.4 is 28.3 Å². The maximum atomic E-state index is 11.3. The lowest BCUT2D eigenvalue weighted by atomic mass is 9.81. The maximum absolute atomic E-state index is 11.3. The molecular weight excluding hydrogens is 542 g/mol. The molecule has 2 heterocycles. The van der Waals surface area contributed by atoms with Crippen molar-refractivity contribution in [2.24, 2.45) is 32.9 Å². The second-order valence-electron chi connectivity index (χ2n) is 10.0. The molecule has 0 bridgehead atoms. The van der Waals surface area contributed by atoms with Crippen LogP contribution in [0.2, 0.25) is 0 Å². The van der Waals surface area contributed by atoms with Gasteiger partial charge in [-0.1, -0.05) is 0 Å². The Morgan fingerprint density at radius 2 is 1.43 bits per heavy atom. The van der Waals surface area contributed by atoms with Gasteiger partial charge in [0.25, 0.3) is 0 Å². The van der Waals surface area contributed by atoms with Gasteiger partial charge in [0.1, 0.15) is 66.5 Å². The van der Waals surface area contributed by atoms with Gasteiger partial charge in [-0.15, -0.1) is 0 Å². The summed E-state index contributed by atoms with van der Waals surface area (Å²) in [4.78, 5) is 7.66. The van der Waals surface area contributed by atoms with Crippen LogP contribution in [0, 0.1) is 0 Å². The van der Waals surface area contributed by atoms with Crippen LogP contribution in [-0.4, -0.2) is 164 Å². The van der Waals surface area contributed by atoms with E-state index in [1.807, 2.05) is 0 Å². The second kappa shape index (κ2) is 12.9. The Bertz CT molecular complexity index is 911. The Morgan fingerprint density at radius 3 is 1.95 bits per heavy atom. The van der Waals surface area contributed by atoms with Crippen molar-refractivity contribution >= 4 is 11.9 Å². The fraction of sp³-hybridized carbons (Fsp3) is 0.905. The number of hydrogen-bond donors (Lipinski definition) is 13. The topological polar surface area (TPSA) is 340 Å². The summed E-state index contributed by atoms with van der Waals surface area (Å²) < 4.78 is 23.2. The minimum atomic E-state index is -2.15. The van der Waals surface area contributed by atoms with E-state index in [1.54, 1.807) is 0 Å². The second-order valence-corrected chi connectivity index (χ2v) is 10.0. The summed E-state index contributed by atoms with van der Waals surface area (Å²) in [7, 11) is 1.44. The van der Waals surface area contributed by atoms with Crippen LogP contribution in [0.5, 0.6) is 0 Å². The molecule has 0 radical (unpaired) electrons. The third-order valence-electron chi connectivity index (χ3n) is 7.49. The lowest BCUT2D eigenvalue weighted by molar-refractivity contribution is -0.317. The average Bonchev–Trinajstić information content (AvgIpc) is 3.13. The zero-order valence-corrected chi connectivity index (χ0v) is 21.9. The molecule has 2 unspecified atom stereocenters.